The van der Waals surface area contributed by atoms with Crippen LogP contribution in [0.25, 0.3) is 10.8 Å². The molecule has 0 saturated heterocycles. The van der Waals surface area contributed by atoms with Gasteiger partial charge in [-0.3, -0.25) is 9.52 Å². The standard InChI is InChI=1S/C19H16F5N3O5S/c1-31-18-13(7-12(20)17(25-18)32-9-16(23)24)26-33(29,30)14-4-2-3-11-10(14)5-6-27(19(11)28)8-15(21)22/h2-7,15-16,26H,8-9H2,1H3. The molecular weight excluding hydrogens is 477 g/mol. The van der Waals surface area contributed by atoms with Crippen molar-refractivity contribution < 1.29 is 39.8 Å². The van der Waals surface area contributed by atoms with Gasteiger partial charge in [0.25, 0.3) is 34.3 Å². The van der Waals surface area contributed by atoms with Crippen LogP contribution in [-0.2, 0) is 16.6 Å². The molecule has 8 nitrogen and oxygen atoms in total. The second-order valence-electron chi connectivity index (χ2n) is 6.52. The number of alkyl halides is 4. The summed E-state index contributed by atoms with van der Waals surface area (Å²) in [4.78, 5) is 15.6. The number of aromatic nitrogens is 2. The second-order valence-corrected chi connectivity index (χ2v) is 8.17. The van der Waals surface area contributed by atoms with E-state index in [4.69, 9.17) is 4.74 Å². The number of nitrogens with zero attached hydrogens (tertiary/aromatic N) is 2. The van der Waals surface area contributed by atoms with Gasteiger partial charge in [-0.05, 0) is 18.2 Å². The number of halogens is 5. The first kappa shape index (κ1) is 24.2. The van der Waals surface area contributed by atoms with Crippen LogP contribution < -0.4 is 19.8 Å². The van der Waals surface area contributed by atoms with E-state index in [9.17, 15) is 35.2 Å². The molecule has 0 atom stereocenters. The van der Waals surface area contributed by atoms with Crippen LogP contribution in [0.1, 0.15) is 0 Å². The Morgan fingerprint density at radius 2 is 1.82 bits per heavy atom. The summed E-state index contributed by atoms with van der Waals surface area (Å²) < 4.78 is 102. The molecule has 1 aromatic carbocycles. The van der Waals surface area contributed by atoms with Crippen molar-refractivity contribution >= 4 is 26.5 Å². The Morgan fingerprint density at radius 3 is 2.45 bits per heavy atom. The molecule has 178 valence electrons. The number of hydrogen-bond acceptors (Lipinski definition) is 6. The minimum atomic E-state index is -4.47. The second kappa shape index (κ2) is 9.60. The van der Waals surface area contributed by atoms with E-state index in [0.29, 0.717) is 6.07 Å². The van der Waals surface area contributed by atoms with Gasteiger partial charge in [0.1, 0.15) is 5.69 Å². The Bertz CT molecular complexity index is 1330. The van der Waals surface area contributed by atoms with Crippen LogP contribution in [0.3, 0.4) is 0 Å². The Morgan fingerprint density at radius 1 is 1.09 bits per heavy atom. The molecule has 2 aromatic heterocycles. The summed E-state index contributed by atoms with van der Waals surface area (Å²) in [5.41, 5.74) is -1.29. The van der Waals surface area contributed by atoms with Crippen molar-refractivity contribution in [2.75, 3.05) is 18.4 Å². The van der Waals surface area contributed by atoms with Gasteiger partial charge < -0.3 is 14.0 Å². The number of nitrogens with one attached hydrogen (secondary N) is 1. The molecule has 3 rings (SSSR count). The van der Waals surface area contributed by atoms with Gasteiger partial charge in [-0.2, -0.15) is 4.98 Å². The molecular formula is C19H16F5N3O5S. The third kappa shape index (κ3) is 5.32. The molecule has 14 heteroatoms. The fourth-order valence-corrected chi connectivity index (χ4v) is 4.21. The summed E-state index contributed by atoms with van der Waals surface area (Å²) in [7, 11) is -3.39. The van der Waals surface area contributed by atoms with Gasteiger partial charge in [0, 0.05) is 23.0 Å². The Labute approximate surface area is 183 Å². The third-order valence-corrected chi connectivity index (χ3v) is 5.72. The maximum absolute atomic E-state index is 14.2. The molecule has 0 fully saturated rings. The molecule has 0 aliphatic rings. The number of benzene rings is 1. The number of sulfonamides is 1. The molecule has 2 heterocycles. The van der Waals surface area contributed by atoms with E-state index in [0.717, 1.165) is 23.9 Å². The first-order valence-corrected chi connectivity index (χ1v) is 10.6. The number of fused-ring (bicyclic) bond motifs is 1. The lowest BCUT2D eigenvalue weighted by molar-refractivity contribution is 0.0770. The monoisotopic (exact) mass is 493 g/mol. The van der Waals surface area contributed by atoms with E-state index in [2.05, 4.69) is 14.4 Å². The van der Waals surface area contributed by atoms with E-state index in [1.54, 1.807) is 0 Å². The maximum Gasteiger partial charge on any atom is 0.272 e. The van der Waals surface area contributed by atoms with Crippen LogP contribution in [0.2, 0.25) is 0 Å². The van der Waals surface area contributed by atoms with Crippen LogP contribution >= 0.6 is 0 Å². The molecule has 0 aliphatic heterocycles. The van der Waals surface area contributed by atoms with Crippen LogP contribution in [0.15, 0.2) is 46.2 Å². The third-order valence-electron chi connectivity index (χ3n) is 4.30. The minimum absolute atomic E-state index is 0.0650. The summed E-state index contributed by atoms with van der Waals surface area (Å²) in [6, 6.07) is 5.48. The zero-order chi connectivity index (χ0) is 24.3. The van der Waals surface area contributed by atoms with Gasteiger partial charge in [-0.15, -0.1) is 0 Å². The van der Waals surface area contributed by atoms with Crippen molar-refractivity contribution in [3.05, 3.63) is 52.7 Å². The Balaban J connectivity index is 2.02. The lowest BCUT2D eigenvalue weighted by Crippen LogP contribution is -2.23. The van der Waals surface area contributed by atoms with Crippen molar-refractivity contribution in [2.45, 2.75) is 24.3 Å². The highest BCUT2D eigenvalue weighted by Crippen LogP contribution is 2.31. The van der Waals surface area contributed by atoms with E-state index in [1.165, 1.54) is 18.2 Å². The number of anilines is 1. The summed E-state index contributed by atoms with van der Waals surface area (Å²) >= 11 is 0. The first-order chi connectivity index (χ1) is 15.5. The van der Waals surface area contributed by atoms with Gasteiger partial charge in [-0.25, -0.2) is 30.4 Å². The summed E-state index contributed by atoms with van der Waals surface area (Å²) in [6.07, 6.45) is -4.66. The predicted molar refractivity (Wildman–Crippen MR) is 107 cm³/mol. The molecule has 0 amide bonds. The fourth-order valence-electron chi connectivity index (χ4n) is 2.94. The molecule has 1 N–H and O–H groups in total. The number of methoxy groups -OCH3 is 1. The topological polar surface area (TPSA) is 99.5 Å². The van der Waals surface area contributed by atoms with Crippen molar-refractivity contribution in [1.82, 2.24) is 9.55 Å². The average molecular weight is 493 g/mol. The van der Waals surface area contributed by atoms with Gasteiger partial charge in [0.2, 0.25) is 5.88 Å². The number of rotatable bonds is 9. The largest absolute Gasteiger partial charge is 0.479 e. The minimum Gasteiger partial charge on any atom is -0.479 e. The molecule has 3 aromatic rings. The first-order valence-electron chi connectivity index (χ1n) is 9.12. The number of ether oxygens (including phenoxy) is 2. The van der Waals surface area contributed by atoms with Crippen molar-refractivity contribution in [2.24, 2.45) is 0 Å². The number of pyridine rings is 2. The van der Waals surface area contributed by atoms with Crippen molar-refractivity contribution in [3.8, 4) is 11.8 Å². The molecule has 0 saturated carbocycles. The van der Waals surface area contributed by atoms with Crippen LogP contribution in [-0.4, -0.2) is 44.5 Å². The molecule has 0 bridgehead atoms. The van der Waals surface area contributed by atoms with Gasteiger partial charge in [0.05, 0.1) is 18.6 Å². The summed E-state index contributed by atoms with van der Waals surface area (Å²) in [5.74, 6) is -2.52. The zero-order valence-corrected chi connectivity index (χ0v) is 17.6. The Hall–Kier alpha value is -3.42. The SMILES string of the molecule is COc1nc(OCC(F)F)c(F)cc1NS(=O)(=O)c1cccc2c(=O)n(CC(F)F)ccc12. The van der Waals surface area contributed by atoms with Crippen LogP contribution in [0, 0.1) is 5.82 Å². The molecule has 33 heavy (non-hydrogen) atoms. The summed E-state index contributed by atoms with van der Waals surface area (Å²) in [6.45, 7) is -2.01. The van der Waals surface area contributed by atoms with Crippen LogP contribution in [0.4, 0.5) is 27.6 Å². The quantitative estimate of drug-likeness (QED) is 0.460. The highest BCUT2D eigenvalue weighted by atomic mass is 32.2. The average Bonchev–Trinajstić information content (AvgIpc) is 2.74. The van der Waals surface area contributed by atoms with Crippen LogP contribution in [0.5, 0.6) is 11.8 Å². The van der Waals surface area contributed by atoms with Crippen molar-refractivity contribution in [3.63, 3.8) is 0 Å². The van der Waals surface area contributed by atoms with Gasteiger partial charge in [0.15, 0.2) is 12.4 Å². The van der Waals surface area contributed by atoms with E-state index in [1.807, 2.05) is 0 Å². The molecule has 0 aliphatic carbocycles. The highest BCUT2D eigenvalue weighted by Gasteiger charge is 2.23. The summed E-state index contributed by atoms with van der Waals surface area (Å²) in [5, 5.41) is -0.196. The van der Waals surface area contributed by atoms with E-state index < -0.39 is 69.7 Å². The lowest BCUT2D eigenvalue weighted by Gasteiger charge is -2.15. The van der Waals surface area contributed by atoms with E-state index in [-0.39, 0.29) is 10.8 Å². The molecule has 0 spiro atoms. The normalized spacial score (nSPS) is 11.9. The molecule has 0 radical (unpaired) electrons. The Kier molecular flexibility index (Phi) is 7.05. The lowest BCUT2D eigenvalue weighted by atomic mass is 10.2. The maximum atomic E-state index is 14.2. The van der Waals surface area contributed by atoms with Crippen molar-refractivity contribution in [1.29, 1.82) is 0 Å². The predicted octanol–water partition coefficient (Wildman–Crippen LogP) is 3.25. The van der Waals surface area contributed by atoms with E-state index >= 15 is 0 Å². The number of hydrogen-bond donors (Lipinski definition) is 1. The van der Waals surface area contributed by atoms with Gasteiger partial charge >= 0.3 is 0 Å². The highest BCUT2D eigenvalue weighted by molar-refractivity contribution is 7.93. The molecule has 0 unspecified atom stereocenters. The zero-order valence-electron chi connectivity index (χ0n) is 16.8. The smallest absolute Gasteiger partial charge is 0.272 e. The fraction of sp³-hybridized carbons (Fsp3) is 0.263. The van der Waals surface area contributed by atoms with Gasteiger partial charge in [-0.1, -0.05) is 6.07 Å².